The molecule has 2 aromatic rings. The Morgan fingerprint density at radius 3 is 2.42 bits per heavy atom. The van der Waals surface area contributed by atoms with Crippen molar-refractivity contribution in [3.63, 3.8) is 0 Å². The quantitative estimate of drug-likeness (QED) is 0.909. The van der Waals surface area contributed by atoms with Crippen molar-refractivity contribution < 1.29 is 9.84 Å². The Morgan fingerprint density at radius 2 is 1.79 bits per heavy atom. The van der Waals surface area contributed by atoms with Crippen molar-refractivity contribution in [1.29, 1.82) is 0 Å². The van der Waals surface area contributed by atoms with Crippen LogP contribution in [0.15, 0.2) is 53.0 Å². The Kier molecular flexibility index (Phi) is 5.14. The molecular weight excluding hydrogens is 304 g/mol. The molecule has 0 heterocycles. The summed E-state index contributed by atoms with van der Waals surface area (Å²) >= 11 is 3.47. The lowest BCUT2D eigenvalue weighted by molar-refractivity contribution is 0.202. The average molecular weight is 321 g/mol. The molecule has 0 radical (unpaired) electrons. The molecule has 1 unspecified atom stereocenters. The molecule has 0 aliphatic carbocycles. The highest BCUT2D eigenvalue weighted by atomic mass is 79.9. The summed E-state index contributed by atoms with van der Waals surface area (Å²) in [6.45, 7) is 0.714. The number of rotatable bonds is 5. The summed E-state index contributed by atoms with van der Waals surface area (Å²) in [5.74, 6) is 0. The minimum absolute atomic E-state index is 0.605. The van der Waals surface area contributed by atoms with Crippen molar-refractivity contribution in [2.75, 3.05) is 13.7 Å². The van der Waals surface area contributed by atoms with Gasteiger partial charge in [0, 0.05) is 11.6 Å². The second-order valence-electron chi connectivity index (χ2n) is 4.41. The van der Waals surface area contributed by atoms with E-state index in [2.05, 4.69) is 15.9 Å². The minimum Gasteiger partial charge on any atom is -0.384 e. The van der Waals surface area contributed by atoms with Gasteiger partial charge >= 0.3 is 0 Å². The van der Waals surface area contributed by atoms with Crippen LogP contribution in [0.25, 0.3) is 0 Å². The SMILES string of the molecule is COCCc1ccc(C(O)c2ccccc2Br)cc1. The molecule has 19 heavy (non-hydrogen) atoms. The van der Waals surface area contributed by atoms with E-state index in [1.165, 1.54) is 5.56 Å². The first-order chi connectivity index (χ1) is 9.22. The van der Waals surface area contributed by atoms with Crippen LogP contribution in [0.5, 0.6) is 0 Å². The standard InChI is InChI=1S/C16H17BrO2/c1-19-11-10-12-6-8-13(9-7-12)16(18)14-4-2-3-5-15(14)17/h2-9,16,18H,10-11H2,1H3. The predicted molar refractivity (Wildman–Crippen MR) is 80.2 cm³/mol. The van der Waals surface area contributed by atoms with Gasteiger partial charge in [0.25, 0.3) is 0 Å². The molecule has 2 rings (SSSR count). The van der Waals surface area contributed by atoms with Crippen LogP contribution < -0.4 is 0 Å². The van der Waals surface area contributed by atoms with Gasteiger partial charge in [0.05, 0.1) is 6.61 Å². The van der Waals surface area contributed by atoms with E-state index < -0.39 is 6.10 Å². The van der Waals surface area contributed by atoms with E-state index in [1.54, 1.807) is 7.11 Å². The molecule has 0 fully saturated rings. The first-order valence-electron chi connectivity index (χ1n) is 6.22. The molecule has 1 atom stereocenters. The van der Waals surface area contributed by atoms with Crippen LogP contribution in [-0.4, -0.2) is 18.8 Å². The maximum Gasteiger partial charge on any atom is 0.105 e. The predicted octanol–water partition coefficient (Wildman–Crippen LogP) is 3.72. The third-order valence-electron chi connectivity index (χ3n) is 3.09. The van der Waals surface area contributed by atoms with Gasteiger partial charge < -0.3 is 9.84 Å². The first kappa shape index (κ1) is 14.3. The van der Waals surface area contributed by atoms with Crippen molar-refractivity contribution >= 4 is 15.9 Å². The fourth-order valence-electron chi connectivity index (χ4n) is 1.96. The second kappa shape index (κ2) is 6.85. The third kappa shape index (κ3) is 3.66. The van der Waals surface area contributed by atoms with Crippen molar-refractivity contribution in [3.05, 3.63) is 69.7 Å². The van der Waals surface area contributed by atoms with Crippen LogP contribution in [0, 0.1) is 0 Å². The fourth-order valence-corrected chi connectivity index (χ4v) is 2.46. The summed E-state index contributed by atoms with van der Waals surface area (Å²) in [6.07, 6.45) is 0.286. The number of methoxy groups -OCH3 is 1. The van der Waals surface area contributed by atoms with Gasteiger partial charge in [-0.25, -0.2) is 0 Å². The third-order valence-corrected chi connectivity index (χ3v) is 3.81. The molecule has 0 bridgehead atoms. The summed E-state index contributed by atoms with van der Waals surface area (Å²) in [7, 11) is 1.70. The van der Waals surface area contributed by atoms with Gasteiger partial charge in [-0.1, -0.05) is 58.4 Å². The highest BCUT2D eigenvalue weighted by Gasteiger charge is 2.12. The number of ether oxygens (including phenoxy) is 1. The molecular formula is C16H17BrO2. The van der Waals surface area contributed by atoms with Gasteiger partial charge in [-0.05, 0) is 29.2 Å². The largest absolute Gasteiger partial charge is 0.384 e. The Labute approximate surface area is 122 Å². The number of hydrogen-bond donors (Lipinski definition) is 1. The summed E-state index contributed by atoms with van der Waals surface area (Å²) in [5.41, 5.74) is 2.99. The van der Waals surface area contributed by atoms with Crippen molar-refractivity contribution in [1.82, 2.24) is 0 Å². The highest BCUT2D eigenvalue weighted by Crippen LogP contribution is 2.28. The molecule has 3 heteroatoms. The van der Waals surface area contributed by atoms with E-state index in [9.17, 15) is 5.11 Å². The van der Waals surface area contributed by atoms with Crippen LogP contribution in [0.2, 0.25) is 0 Å². The molecule has 0 aliphatic heterocycles. The molecule has 0 saturated heterocycles. The summed E-state index contributed by atoms with van der Waals surface area (Å²) < 4.78 is 5.98. The number of aliphatic hydroxyl groups excluding tert-OH is 1. The topological polar surface area (TPSA) is 29.5 Å². The summed E-state index contributed by atoms with van der Waals surface area (Å²) in [6, 6.07) is 15.7. The van der Waals surface area contributed by atoms with Gasteiger partial charge in [-0.15, -0.1) is 0 Å². The lowest BCUT2D eigenvalue weighted by atomic mass is 10.00. The van der Waals surface area contributed by atoms with E-state index in [0.29, 0.717) is 6.61 Å². The van der Waals surface area contributed by atoms with Gasteiger partial charge in [-0.3, -0.25) is 0 Å². The zero-order chi connectivity index (χ0) is 13.7. The first-order valence-corrected chi connectivity index (χ1v) is 7.02. The van der Waals surface area contributed by atoms with Crippen LogP contribution in [0.3, 0.4) is 0 Å². The molecule has 1 N–H and O–H groups in total. The van der Waals surface area contributed by atoms with E-state index >= 15 is 0 Å². The maximum atomic E-state index is 10.4. The number of aliphatic hydroxyl groups is 1. The zero-order valence-electron chi connectivity index (χ0n) is 10.8. The normalized spacial score (nSPS) is 12.4. The van der Waals surface area contributed by atoms with Gasteiger partial charge in [-0.2, -0.15) is 0 Å². The van der Waals surface area contributed by atoms with Crippen LogP contribution >= 0.6 is 15.9 Å². The molecule has 0 aliphatic rings. The molecule has 2 aromatic carbocycles. The van der Waals surface area contributed by atoms with E-state index in [1.807, 2.05) is 48.5 Å². The van der Waals surface area contributed by atoms with Gasteiger partial charge in [0.1, 0.15) is 6.10 Å². The van der Waals surface area contributed by atoms with Crippen molar-refractivity contribution in [2.45, 2.75) is 12.5 Å². The Bertz CT molecular complexity index is 523. The maximum absolute atomic E-state index is 10.4. The molecule has 0 aromatic heterocycles. The Balaban J connectivity index is 2.16. The Hall–Kier alpha value is -1.16. The van der Waals surface area contributed by atoms with E-state index in [-0.39, 0.29) is 0 Å². The van der Waals surface area contributed by atoms with E-state index in [4.69, 9.17) is 4.74 Å². The number of benzene rings is 2. The second-order valence-corrected chi connectivity index (χ2v) is 5.26. The average Bonchev–Trinajstić information content (AvgIpc) is 2.45. The summed E-state index contributed by atoms with van der Waals surface area (Å²) in [5, 5.41) is 10.4. The Morgan fingerprint density at radius 1 is 1.11 bits per heavy atom. The van der Waals surface area contributed by atoms with Crippen molar-refractivity contribution in [2.24, 2.45) is 0 Å². The minimum atomic E-state index is -0.605. The van der Waals surface area contributed by atoms with Crippen molar-refractivity contribution in [3.8, 4) is 0 Å². The molecule has 2 nitrogen and oxygen atoms in total. The number of hydrogen-bond acceptors (Lipinski definition) is 2. The molecule has 0 saturated carbocycles. The zero-order valence-corrected chi connectivity index (χ0v) is 12.4. The van der Waals surface area contributed by atoms with Gasteiger partial charge in [0.2, 0.25) is 0 Å². The fraction of sp³-hybridized carbons (Fsp3) is 0.250. The number of halogens is 1. The van der Waals surface area contributed by atoms with Crippen LogP contribution in [-0.2, 0) is 11.2 Å². The molecule has 100 valence electrons. The van der Waals surface area contributed by atoms with Crippen LogP contribution in [0.1, 0.15) is 22.8 Å². The lowest BCUT2D eigenvalue weighted by Crippen LogP contribution is -2.01. The lowest BCUT2D eigenvalue weighted by Gasteiger charge is -2.13. The van der Waals surface area contributed by atoms with Gasteiger partial charge in [0.15, 0.2) is 0 Å². The molecule has 0 spiro atoms. The monoisotopic (exact) mass is 320 g/mol. The highest BCUT2D eigenvalue weighted by molar-refractivity contribution is 9.10. The summed E-state index contributed by atoms with van der Waals surface area (Å²) in [4.78, 5) is 0. The van der Waals surface area contributed by atoms with Crippen LogP contribution in [0.4, 0.5) is 0 Å². The smallest absolute Gasteiger partial charge is 0.105 e. The van der Waals surface area contributed by atoms with E-state index in [0.717, 1.165) is 22.0 Å². The molecule has 0 amide bonds.